The summed E-state index contributed by atoms with van der Waals surface area (Å²) in [7, 11) is -3.29. The van der Waals surface area contributed by atoms with E-state index in [1.807, 2.05) is 0 Å². The molecule has 1 amide bonds. The normalized spacial score (nSPS) is 11.0. The third-order valence-corrected chi connectivity index (χ3v) is 4.30. The summed E-state index contributed by atoms with van der Waals surface area (Å²) < 4.78 is 29.9. The molecular weight excluding hydrogens is 304 g/mol. The van der Waals surface area contributed by atoms with Gasteiger partial charge in [-0.1, -0.05) is 13.3 Å². The number of hydrogen-bond acceptors (Lipinski definition) is 4. The van der Waals surface area contributed by atoms with Crippen molar-refractivity contribution in [2.75, 3.05) is 30.3 Å². The zero-order valence-corrected chi connectivity index (χ0v) is 14.1. The topological polar surface area (TPSA) is 75.7 Å². The van der Waals surface area contributed by atoms with Crippen LogP contribution in [0.25, 0.3) is 0 Å². The summed E-state index contributed by atoms with van der Waals surface area (Å²) >= 11 is 0. The highest BCUT2D eigenvalue weighted by Crippen LogP contribution is 2.21. The number of ether oxygens (including phenoxy) is 1. The molecule has 0 fully saturated rings. The lowest BCUT2D eigenvalue weighted by Crippen LogP contribution is -2.30. The van der Waals surface area contributed by atoms with E-state index in [4.69, 9.17) is 4.74 Å². The lowest BCUT2D eigenvalue weighted by Gasteiger charge is -2.20. The molecule has 0 radical (unpaired) electrons. The minimum Gasteiger partial charge on any atom is -0.484 e. The minimum absolute atomic E-state index is 0.0490. The summed E-state index contributed by atoms with van der Waals surface area (Å²) in [5, 5.41) is 2.76. The maximum absolute atomic E-state index is 11.6. The van der Waals surface area contributed by atoms with Gasteiger partial charge in [0.05, 0.1) is 11.9 Å². The van der Waals surface area contributed by atoms with E-state index in [0.717, 1.165) is 12.8 Å². The summed E-state index contributed by atoms with van der Waals surface area (Å²) in [5.41, 5.74) is 0.574. The van der Waals surface area contributed by atoms with Gasteiger partial charge in [-0.25, -0.2) is 8.42 Å². The molecule has 0 aliphatic carbocycles. The van der Waals surface area contributed by atoms with Crippen molar-refractivity contribution in [3.05, 3.63) is 24.3 Å². The molecule has 0 aliphatic rings. The fourth-order valence-corrected chi connectivity index (χ4v) is 2.90. The summed E-state index contributed by atoms with van der Waals surface area (Å²) in [6.07, 6.45) is 3.14. The highest BCUT2D eigenvalue weighted by molar-refractivity contribution is 7.92. The predicted molar refractivity (Wildman–Crippen MR) is 87.7 cm³/mol. The molecule has 7 heteroatoms. The summed E-state index contributed by atoms with van der Waals surface area (Å²) in [5.74, 6) is 0.364. The van der Waals surface area contributed by atoms with Crippen molar-refractivity contribution < 1.29 is 17.9 Å². The smallest absolute Gasteiger partial charge is 0.257 e. The third-order valence-electron chi connectivity index (χ3n) is 3.03. The molecule has 0 heterocycles. The van der Waals surface area contributed by atoms with Crippen LogP contribution in [0, 0.1) is 0 Å². The Morgan fingerprint density at radius 2 is 1.86 bits per heavy atom. The fourth-order valence-electron chi connectivity index (χ4n) is 1.92. The quantitative estimate of drug-likeness (QED) is 0.701. The second kappa shape index (κ2) is 8.63. The molecule has 22 heavy (non-hydrogen) atoms. The van der Waals surface area contributed by atoms with Crippen LogP contribution in [0.5, 0.6) is 5.75 Å². The van der Waals surface area contributed by atoms with Gasteiger partial charge < -0.3 is 10.1 Å². The first-order valence-corrected chi connectivity index (χ1v) is 9.20. The standard InChI is InChI=1S/C15H24N2O4S/c1-4-6-11-16-15(18)12-21-14-9-7-13(8-10-14)17(5-2)22(3,19)20/h7-10H,4-6,11-12H2,1-3H3,(H,16,18). The van der Waals surface area contributed by atoms with Gasteiger partial charge in [0, 0.05) is 13.1 Å². The maximum Gasteiger partial charge on any atom is 0.257 e. The number of anilines is 1. The lowest BCUT2D eigenvalue weighted by atomic mass is 10.3. The van der Waals surface area contributed by atoms with Crippen LogP contribution >= 0.6 is 0 Å². The van der Waals surface area contributed by atoms with E-state index in [-0.39, 0.29) is 12.5 Å². The van der Waals surface area contributed by atoms with E-state index in [9.17, 15) is 13.2 Å². The third kappa shape index (κ3) is 5.93. The van der Waals surface area contributed by atoms with Gasteiger partial charge in [0.1, 0.15) is 5.75 Å². The van der Waals surface area contributed by atoms with Crippen LogP contribution in [0.1, 0.15) is 26.7 Å². The van der Waals surface area contributed by atoms with Crippen molar-refractivity contribution >= 4 is 21.6 Å². The molecule has 1 aromatic rings. The van der Waals surface area contributed by atoms with Gasteiger partial charge in [-0.3, -0.25) is 9.10 Å². The van der Waals surface area contributed by atoms with Crippen LogP contribution in [0.3, 0.4) is 0 Å². The van der Waals surface area contributed by atoms with Gasteiger partial charge in [0.2, 0.25) is 10.0 Å². The Labute approximate surface area is 132 Å². The molecule has 0 atom stereocenters. The molecule has 0 unspecified atom stereocenters. The summed E-state index contributed by atoms with van der Waals surface area (Å²) in [4.78, 5) is 11.5. The number of hydrogen-bond donors (Lipinski definition) is 1. The average molecular weight is 328 g/mol. The fraction of sp³-hybridized carbons (Fsp3) is 0.533. The van der Waals surface area contributed by atoms with Crippen LogP contribution in [0.4, 0.5) is 5.69 Å². The lowest BCUT2D eigenvalue weighted by molar-refractivity contribution is -0.123. The van der Waals surface area contributed by atoms with E-state index >= 15 is 0 Å². The molecular formula is C15H24N2O4S. The van der Waals surface area contributed by atoms with Gasteiger partial charge >= 0.3 is 0 Å². The number of sulfonamides is 1. The minimum atomic E-state index is -3.29. The number of nitrogens with zero attached hydrogens (tertiary/aromatic N) is 1. The van der Waals surface area contributed by atoms with Crippen molar-refractivity contribution in [2.24, 2.45) is 0 Å². The van der Waals surface area contributed by atoms with Gasteiger partial charge in [-0.05, 0) is 37.6 Å². The van der Waals surface area contributed by atoms with Crippen molar-refractivity contribution in [1.82, 2.24) is 5.32 Å². The zero-order chi connectivity index (χ0) is 16.6. The molecule has 1 N–H and O–H groups in total. The number of benzene rings is 1. The van der Waals surface area contributed by atoms with Crippen molar-refractivity contribution in [3.63, 3.8) is 0 Å². The van der Waals surface area contributed by atoms with Crippen LogP contribution in [-0.2, 0) is 14.8 Å². The van der Waals surface area contributed by atoms with Crippen molar-refractivity contribution in [3.8, 4) is 5.75 Å². The van der Waals surface area contributed by atoms with Gasteiger partial charge in [-0.2, -0.15) is 0 Å². The highest BCUT2D eigenvalue weighted by Gasteiger charge is 2.14. The summed E-state index contributed by atoms with van der Waals surface area (Å²) in [6.45, 7) is 4.79. The monoisotopic (exact) mass is 328 g/mol. The second-order valence-electron chi connectivity index (χ2n) is 4.91. The van der Waals surface area contributed by atoms with Crippen LogP contribution < -0.4 is 14.4 Å². The largest absolute Gasteiger partial charge is 0.484 e. The van der Waals surface area contributed by atoms with E-state index in [2.05, 4.69) is 12.2 Å². The molecule has 1 aromatic carbocycles. The van der Waals surface area contributed by atoms with Gasteiger partial charge in [-0.15, -0.1) is 0 Å². The number of amides is 1. The molecule has 0 spiro atoms. The number of unbranched alkanes of at least 4 members (excludes halogenated alkanes) is 1. The van der Waals surface area contributed by atoms with Gasteiger partial charge in [0.15, 0.2) is 6.61 Å². The molecule has 6 nitrogen and oxygen atoms in total. The predicted octanol–water partition coefficient (Wildman–Crippen LogP) is 1.77. The average Bonchev–Trinajstić information content (AvgIpc) is 2.46. The van der Waals surface area contributed by atoms with Crippen molar-refractivity contribution in [2.45, 2.75) is 26.7 Å². The number of carbonyl (C=O) groups excluding carboxylic acids is 1. The Bertz CT molecular complexity index is 570. The Morgan fingerprint density at radius 3 is 2.36 bits per heavy atom. The van der Waals surface area contributed by atoms with E-state index < -0.39 is 10.0 Å². The molecule has 124 valence electrons. The molecule has 0 saturated carbocycles. The number of nitrogens with one attached hydrogen (secondary N) is 1. The van der Waals surface area contributed by atoms with E-state index in [1.165, 1.54) is 10.6 Å². The van der Waals surface area contributed by atoms with Crippen LogP contribution in [0.2, 0.25) is 0 Å². The molecule has 0 aromatic heterocycles. The molecule has 0 aliphatic heterocycles. The molecule has 0 saturated heterocycles. The highest BCUT2D eigenvalue weighted by atomic mass is 32.2. The van der Waals surface area contributed by atoms with E-state index in [0.29, 0.717) is 24.5 Å². The van der Waals surface area contributed by atoms with Crippen LogP contribution in [-0.4, -0.2) is 40.3 Å². The number of rotatable bonds is 9. The second-order valence-corrected chi connectivity index (χ2v) is 6.82. The Balaban J connectivity index is 2.57. The Hall–Kier alpha value is -1.76. The molecule has 0 bridgehead atoms. The zero-order valence-electron chi connectivity index (χ0n) is 13.3. The van der Waals surface area contributed by atoms with Gasteiger partial charge in [0.25, 0.3) is 5.91 Å². The first-order valence-electron chi connectivity index (χ1n) is 7.35. The summed E-state index contributed by atoms with van der Waals surface area (Å²) in [6, 6.07) is 6.63. The first kappa shape index (κ1) is 18.3. The van der Waals surface area contributed by atoms with Crippen molar-refractivity contribution in [1.29, 1.82) is 0 Å². The number of carbonyl (C=O) groups is 1. The Morgan fingerprint density at radius 1 is 1.23 bits per heavy atom. The Kier molecular flexibility index (Phi) is 7.17. The first-order chi connectivity index (χ1) is 10.4. The van der Waals surface area contributed by atoms with E-state index in [1.54, 1.807) is 31.2 Å². The molecule has 1 rings (SSSR count). The SMILES string of the molecule is CCCCNC(=O)COc1ccc(N(CC)S(C)(=O)=O)cc1. The van der Waals surface area contributed by atoms with Crippen LogP contribution in [0.15, 0.2) is 24.3 Å². The maximum atomic E-state index is 11.6.